The van der Waals surface area contributed by atoms with E-state index in [2.05, 4.69) is 31.0 Å². The number of alkyl halides is 6. The van der Waals surface area contributed by atoms with Crippen molar-refractivity contribution in [3.05, 3.63) is 65.7 Å². The van der Waals surface area contributed by atoms with E-state index in [1.165, 1.54) is 19.2 Å². The zero-order chi connectivity index (χ0) is 36.7. The second-order valence-electron chi connectivity index (χ2n) is 12.5. The molecule has 1 N–H and O–H groups in total. The quantitative estimate of drug-likeness (QED) is 0.175. The molecule has 1 amide bonds. The smallest absolute Gasteiger partial charge is 0.475 e. The highest BCUT2D eigenvalue weighted by Crippen LogP contribution is 2.38. The fourth-order valence-electron chi connectivity index (χ4n) is 6.32. The number of carbonyl (C=O) groups excluding carboxylic acids is 1. The number of aliphatic carboxylic acids is 1. The summed E-state index contributed by atoms with van der Waals surface area (Å²) in [7, 11) is -0.210. The summed E-state index contributed by atoms with van der Waals surface area (Å²) in [5, 5.41) is 11.1. The summed E-state index contributed by atoms with van der Waals surface area (Å²) >= 11 is 0. The molecule has 4 rings (SSSR count). The third kappa shape index (κ3) is 10.7. The largest absolute Gasteiger partial charge is 0.490 e. The second-order valence-corrected chi connectivity index (χ2v) is 14.5. The summed E-state index contributed by atoms with van der Waals surface area (Å²) in [6.45, 7) is 4.68. The van der Waals surface area contributed by atoms with Crippen LogP contribution in [0.3, 0.4) is 0 Å². The molecule has 2 aromatic rings. The van der Waals surface area contributed by atoms with Crippen molar-refractivity contribution < 1.29 is 54.3 Å². The standard InChI is InChI=1S/C31H40F3N3O4S.C2HF3O2/c1-21(2)36(3)26-13-14-29(24(18-26)20-42(39,40)27-11-6-5-7-12-27)37-16-15-23(30(37)38)19-28(35-41-4)22-9-8-10-25(17-22)31(32,33)34;3-2(4,5)1(6)7/h5-12,17,21,23-24,26,29H,13-16,18-20H2,1-4H3;(H,6,7)/t23-,24-,26+,29-;/m0./s1. The van der Waals surface area contributed by atoms with E-state index in [4.69, 9.17) is 14.7 Å². The Morgan fingerprint density at radius 3 is 2.22 bits per heavy atom. The van der Waals surface area contributed by atoms with Crippen LogP contribution in [-0.2, 0) is 30.4 Å². The van der Waals surface area contributed by atoms with Gasteiger partial charge in [-0.25, -0.2) is 13.2 Å². The van der Waals surface area contributed by atoms with E-state index in [-0.39, 0.29) is 52.3 Å². The molecule has 1 saturated heterocycles. The molecule has 2 aliphatic rings. The maximum Gasteiger partial charge on any atom is 0.490 e. The first-order valence-electron chi connectivity index (χ1n) is 15.6. The third-order valence-electron chi connectivity index (χ3n) is 9.00. The summed E-state index contributed by atoms with van der Waals surface area (Å²) < 4.78 is 98.7. The van der Waals surface area contributed by atoms with Crippen LogP contribution in [-0.4, -0.2) is 91.7 Å². The number of halogens is 6. The minimum atomic E-state index is -5.08. The van der Waals surface area contributed by atoms with Crippen molar-refractivity contribution in [1.82, 2.24) is 9.80 Å². The molecule has 272 valence electrons. The molecule has 4 atom stereocenters. The minimum Gasteiger partial charge on any atom is -0.475 e. The zero-order valence-corrected chi connectivity index (χ0v) is 28.4. The van der Waals surface area contributed by atoms with Crippen LogP contribution in [0.15, 0.2) is 64.6 Å². The second kappa shape index (κ2) is 16.4. The van der Waals surface area contributed by atoms with Gasteiger partial charge < -0.3 is 19.7 Å². The van der Waals surface area contributed by atoms with E-state index in [0.717, 1.165) is 18.6 Å². The van der Waals surface area contributed by atoms with Crippen LogP contribution < -0.4 is 0 Å². The van der Waals surface area contributed by atoms with E-state index < -0.39 is 39.6 Å². The number of amides is 1. The number of hydrogen-bond donors (Lipinski definition) is 1. The van der Waals surface area contributed by atoms with Gasteiger partial charge >= 0.3 is 18.3 Å². The maximum atomic E-state index is 13.8. The van der Waals surface area contributed by atoms with Crippen LogP contribution in [0.25, 0.3) is 0 Å². The monoisotopic (exact) mass is 721 g/mol. The van der Waals surface area contributed by atoms with Crippen molar-refractivity contribution in [3.8, 4) is 0 Å². The SMILES string of the molecule is CON=C(C[C@@H]1CCN([C@H]2CC[C@@H](N(C)C(C)C)C[C@H]2CS(=O)(=O)c2ccccc2)C1=O)c1cccc(C(F)(F)F)c1.O=C(O)C(F)(F)F. The van der Waals surface area contributed by atoms with Crippen LogP contribution in [0, 0.1) is 11.8 Å². The molecule has 16 heteroatoms. The molecular weight excluding hydrogens is 680 g/mol. The van der Waals surface area contributed by atoms with E-state index in [1.807, 2.05) is 4.90 Å². The number of hydrogen-bond acceptors (Lipinski definition) is 7. The van der Waals surface area contributed by atoms with Gasteiger partial charge in [-0.05, 0) is 82.3 Å². The Morgan fingerprint density at radius 2 is 1.67 bits per heavy atom. The highest BCUT2D eigenvalue weighted by Gasteiger charge is 2.44. The van der Waals surface area contributed by atoms with Crippen molar-refractivity contribution in [3.63, 3.8) is 0 Å². The van der Waals surface area contributed by atoms with E-state index in [0.29, 0.717) is 31.8 Å². The number of nitrogens with zero attached hydrogens (tertiary/aromatic N) is 3. The van der Waals surface area contributed by atoms with E-state index >= 15 is 0 Å². The maximum absolute atomic E-state index is 13.8. The number of carbonyl (C=O) groups is 2. The fraction of sp³-hybridized carbons (Fsp3) is 0.545. The van der Waals surface area contributed by atoms with Gasteiger partial charge in [0, 0.05) is 37.0 Å². The predicted octanol–water partition coefficient (Wildman–Crippen LogP) is 6.28. The van der Waals surface area contributed by atoms with Gasteiger partial charge in [0.2, 0.25) is 5.91 Å². The van der Waals surface area contributed by atoms with Gasteiger partial charge in [-0.3, -0.25) is 4.79 Å². The first-order valence-corrected chi connectivity index (χ1v) is 17.3. The van der Waals surface area contributed by atoms with Gasteiger partial charge in [0.05, 0.1) is 21.9 Å². The Kier molecular flexibility index (Phi) is 13.3. The van der Waals surface area contributed by atoms with Crippen molar-refractivity contribution in [1.29, 1.82) is 0 Å². The Labute approximate surface area is 281 Å². The Morgan fingerprint density at radius 1 is 1.04 bits per heavy atom. The number of likely N-dealkylation sites (tertiary alicyclic amines) is 1. The van der Waals surface area contributed by atoms with Gasteiger partial charge in [0.15, 0.2) is 9.84 Å². The van der Waals surface area contributed by atoms with Crippen molar-refractivity contribution >= 4 is 27.4 Å². The average Bonchev–Trinajstić information content (AvgIpc) is 3.39. The highest BCUT2D eigenvalue weighted by atomic mass is 32.2. The highest BCUT2D eigenvalue weighted by molar-refractivity contribution is 7.91. The topological polar surface area (TPSA) is 117 Å². The van der Waals surface area contributed by atoms with Crippen LogP contribution >= 0.6 is 0 Å². The lowest BCUT2D eigenvalue weighted by Crippen LogP contribution is -2.51. The number of carboxylic acids is 1. The van der Waals surface area contributed by atoms with E-state index in [9.17, 15) is 39.6 Å². The van der Waals surface area contributed by atoms with Crippen molar-refractivity contribution in [2.24, 2.45) is 17.0 Å². The Bertz CT molecular complexity index is 1570. The van der Waals surface area contributed by atoms with Gasteiger partial charge in [-0.15, -0.1) is 0 Å². The molecule has 9 nitrogen and oxygen atoms in total. The average molecular weight is 722 g/mol. The Balaban J connectivity index is 0.000000838. The first kappa shape index (κ1) is 39.8. The molecule has 49 heavy (non-hydrogen) atoms. The third-order valence-corrected chi connectivity index (χ3v) is 10.9. The van der Waals surface area contributed by atoms with Crippen LogP contribution in [0.2, 0.25) is 0 Å². The Hall–Kier alpha value is -3.66. The minimum absolute atomic E-state index is 0.0564. The molecule has 0 spiro atoms. The summed E-state index contributed by atoms with van der Waals surface area (Å²) in [5.74, 6) is -3.68. The lowest BCUT2D eigenvalue weighted by atomic mass is 9.80. The lowest BCUT2D eigenvalue weighted by Gasteiger charge is -2.44. The molecule has 2 aromatic carbocycles. The summed E-state index contributed by atoms with van der Waals surface area (Å²) in [6.07, 6.45) is -6.78. The zero-order valence-electron chi connectivity index (χ0n) is 27.5. The first-order chi connectivity index (χ1) is 22.8. The van der Waals surface area contributed by atoms with Crippen LogP contribution in [0.4, 0.5) is 26.3 Å². The van der Waals surface area contributed by atoms with E-state index in [1.54, 1.807) is 30.3 Å². The number of benzene rings is 2. The molecular formula is C33H41F6N3O6S. The number of rotatable bonds is 10. The summed E-state index contributed by atoms with van der Waals surface area (Å²) in [4.78, 5) is 32.0. The van der Waals surface area contributed by atoms with Gasteiger partial charge in [0.1, 0.15) is 7.11 Å². The fourth-order valence-corrected chi connectivity index (χ4v) is 8.00. The number of oxime groups is 1. The number of sulfone groups is 1. The normalized spacial score (nSPS) is 22.2. The molecule has 0 bridgehead atoms. The van der Waals surface area contributed by atoms with Crippen molar-refractivity contribution in [2.75, 3.05) is 26.5 Å². The molecule has 2 fully saturated rings. The van der Waals surface area contributed by atoms with Gasteiger partial charge in [-0.2, -0.15) is 26.3 Å². The molecule has 1 aliphatic carbocycles. The summed E-state index contributed by atoms with van der Waals surface area (Å²) in [5.41, 5.74) is -0.273. The molecule has 0 radical (unpaired) electrons. The molecule has 1 aliphatic heterocycles. The molecule has 0 aromatic heterocycles. The van der Waals surface area contributed by atoms with Crippen LogP contribution in [0.1, 0.15) is 57.1 Å². The molecule has 1 saturated carbocycles. The summed E-state index contributed by atoms with van der Waals surface area (Å²) in [6, 6.07) is 13.5. The lowest BCUT2D eigenvalue weighted by molar-refractivity contribution is -0.192. The molecule has 0 unspecified atom stereocenters. The van der Waals surface area contributed by atoms with Gasteiger partial charge in [0.25, 0.3) is 0 Å². The van der Waals surface area contributed by atoms with Crippen molar-refractivity contribution in [2.45, 2.75) is 81.3 Å². The predicted molar refractivity (Wildman–Crippen MR) is 169 cm³/mol. The van der Waals surface area contributed by atoms with Gasteiger partial charge in [-0.1, -0.05) is 35.5 Å². The number of carboxylic acid groups (broad SMARTS) is 1. The van der Waals surface area contributed by atoms with Crippen LogP contribution in [0.5, 0.6) is 0 Å². The molecule has 1 heterocycles.